The Morgan fingerprint density at radius 1 is 1.57 bits per heavy atom. The summed E-state index contributed by atoms with van der Waals surface area (Å²) in [4.78, 5) is 4.17. The third-order valence-corrected chi connectivity index (χ3v) is 1.37. The van der Waals surface area contributed by atoms with Gasteiger partial charge in [0.15, 0.2) is 6.61 Å². The van der Waals surface area contributed by atoms with Crippen molar-refractivity contribution in [2.24, 2.45) is 7.05 Å². The van der Waals surface area contributed by atoms with Gasteiger partial charge in [-0.05, 0) is 0 Å². The van der Waals surface area contributed by atoms with E-state index in [0.717, 1.165) is 0 Å². The summed E-state index contributed by atoms with van der Waals surface area (Å²) in [6.07, 6.45) is -2.88. The molecule has 1 N–H and O–H groups in total. The lowest BCUT2D eigenvalue weighted by Crippen LogP contribution is -2.25. The number of alkyl halides is 3. The number of hydrogen-bond donors (Lipinski definition) is 1. The molecular formula is C6H9F3N4O. The molecule has 0 radical (unpaired) electrons. The number of aryl methyl sites for hydroxylation is 1. The minimum atomic E-state index is -4.33. The first-order chi connectivity index (χ1) is 6.49. The van der Waals surface area contributed by atoms with Gasteiger partial charge in [-0.1, -0.05) is 0 Å². The van der Waals surface area contributed by atoms with Crippen molar-refractivity contribution in [1.29, 1.82) is 0 Å². The summed E-state index contributed by atoms with van der Waals surface area (Å²) in [5.41, 5.74) is 2.14. The molecule has 0 amide bonds. The molecule has 14 heavy (non-hydrogen) atoms. The van der Waals surface area contributed by atoms with E-state index in [1.54, 1.807) is 11.6 Å². The Labute approximate surface area is 77.8 Å². The molecule has 0 atom stereocenters. The van der Waals surface area contributed by atoms with Gasteiger partial charge in [0.25, 0.3) is 0 Å². The van der Waals surface area contributed by atoms with Crippen LogP contribution in [0.1, 0.15) is 5.82 Å². The van der Waals surface area contributed by atoms with E-state index < -0.39 is 12.8 Å². The number of rotatable bonds is 4. The van der Waals surface area contributed by atoms with Crippen LogP contribution in [-0.4, -0.2) is 27.5 Å². The summed E-state index contributed by atoms with van der Waals surface area (Å²) >= 11 is 0. The molecule has 8 heteroatoms. The normalized spacial score (nSPS) is 12.0. The summed E-state index contributed by atoms with van der Waals surface area (Å²) in [6.45, 7) is -1.25. The summed E-state index contributed by atoms with van der Waals surface area (Å²) in [6, 6.07) is 0. The van der Waals surface area contributed by atoms with Crippen molar-refractivity contribution < 1.29 is 18.0 Å². The van der Waals surface area contributed by atoms with Crippen LogP contribution in [0.25, 0.3) is 0 Å². The van der Waals surface area contributed by atoms with Crippen LogP contribution in [0.5, 0.6) is 0 Å². The molecule has 0 bridgehead atoms. The maximum absolute atomic E-state index is 11.6. The zero-order valence-electron chi connectivity index (χ0n) is 7.38. The Kier molecular flexibility index (Phi) is 3.42. The van der Waals surface area contributed by atoms with Crippen LogP contribution in [0, 0.1) is 0 Å². The average Bonchev–Trinajstić information content (AvgIpc) is 2.44. The lowest BCUT2D eigenvalue weighted by Gasteiger charge is -2.07. The maximum atomic E-state index is 11.6. The van der Waals surface area contributed by atoms with E-state index in [2.05, 4.69) is 20.5 Å². The highest BCUT2D eigenvalue weighted by atomic mass is 19.4. The predicted octanol–water partition coefficient (Wildman–Crippen LogP) is 0.399. The monoisotopic (exact) mass is 210 g/mol. The SMILES string of the molecule is Cn1cnnc1CNOCC(F)(F)F. The predicted molar refractivity (Wildman–Crippen MR) is 39.8 cm³/mol. The number of halogens is 3. The van der Waals surface area contributed by atoms with Gasteiger partial charge < -0.3 is 4.57 Å². The smallest absolute Gasteiger partial charge is 0.320 e. The molecule has 1 aromatic heterocycles. The van der Waals surface area contributed by atoms with Gasteiger partial charge in [-0.2, -0.15) is 18.7 Å². The molecule has 0 aliphatic carbocycles. The van der Waals surface area contributed by atoms with Crippen LogP contribution in [-0.2, 0) is 18.4 Å². The third-order valence-electron chi connectivity index (χ3n) is 1.37. The summed E-state index contributed by atoms with van der Waals surface area (Å²) < 4.78 is 36.4. The van der Waals surface area contributed by atoms with Gasteiger partial charge in [-0.25, -0.2) is 0 Å². The lowest BCUT2D eigenvalue weighted by atomic mass is 10.6. The molecule has 0 unspecified atom stereocenters. The van der Waals surface area contributed by atoms with Gasteiger partial charge in [0.05, 0.1) is 6.54 Å². The molecule has 0 spiro atoms. The van der Waals surface area contributed by atoms with Crippen molar-refractivity contribution in [2.75, 3.05) is 6.61 Å². The highest BCUT2D eigenvalue weighted by Crippen LogP contribution is 2.13. The highest BCUT2D eigenvalue weighted by molar-refractivity contribution is 4.81. The van der Waals surface area contributed by atoms with E-state index in [1.807, 2.05) is 0 Å². The molecule has 5 nitrogen and oxygen atoms in total. The van der Waals surface area contributed by atoms with Gasteiger partial charge in [-0.15, -0.1) is 10.2 Å². The Bertz CT molecular complexity index is 285. The number of nitrogens with zero attached hydrogens (tertiary/aromatic N) is 3. The molecule has 1 heterocycles. The number of nitrogens with one attached hydrogen (secondary N) is 1. The lowest BCUT2D eigenvalue weighted by molar-refractivity contribution is -0.190. The van der Waals surface area contributed by atoms with Crippen molar-refractivity contribution >= 4 is 0 Å². The fourth-order valence-electron chi connectivity index (χ4n) is 0.716. The molecule has 0 aliphatic rings. The average molecular weight is 210 g/mol. The minimum absolute atomic E-state index is 0.0760. The van der Waals surface area contributed by atoms with E-state index in [-0.39, 0.29) is 6.54 Å². The quantitative estimate of drug-likeness (QED) is 0.577. The molecule has 0 saturated heterocycles. The van der Waals surface area contributed by atoms with Crippen molar-refractivity contribution in [2.45, 2.75) is 12.7 Å². The minimum Gasteiger partial charge on any atom is -0.320 e. The summed E-state index contributed by atoms with van der Waals surface area (Å²) in [5.74, 6) is 0.493. The maximum Gasteiger partial charge on any atom is 0.413 e. The van der Waals surface area contributed by atoms with E-state index >= 15 is 0 Å². The van der Waals surface area contributed by atoms with Gasteiger partial charge in [-0.3, -0.25) is 4.84 Å². The topological polar surface area (TPSA) is 52.0 Å². The van der Waals surface area contributed by atoms with E-state index in [9.17, 15) is 13.2 Å². The van der Waals surface area contributed by atoms with Crippen LogP contribution in [0.4, 0.5) is 13.2 Å². The van der Waals surface area contributed by atoms with Crippen LogP contribution in [0.15, 0.2) is 6.33 Å². The fraction of sp³-hybridized carbons (Fsp3) is 0.667. The first-order valence-corrected chi connectivity index (χ1v) is 3.73. The van der Waals surface area contributed by atoms with Crippen molar-refractivity contribution in [1.82, 2.24) is 20.2 Å². The molecule has 0 aliphatic heterocycles. The van der Waals surface area contributed by atoms with Gasteiger partial charge in [0, 0.05) is 7.05 Å². The molecule has 1 rings (SSSR count). The van der Waals surface area contributed by atoms with E-state index in [4.69, 9.17) is 0 Å². The van der Waals surface area contributed by atoms with Gasteiger partial charge in [0.2, 0.25) is 0 Å². The third kappa shape index (κ3) is 3.71. The van der Waals surface area contributed by atoms with Gasteiger partial charge in [0.1, 0.15) is 12.2 Å². The number of aromatic nitrogens is 3. The zero-order valence-corrected chi connectivity index (χ0v) is 7.38. The van der Waals surface area contributed by atoms with E-state index in [0.29, 0.717) is 5.82 Å². The van der Waals surface area contributed by atoms with Crippen LogP contribution < -0.4 is 5.48 Å². The Morgan fingerprint density at radius 3 is 2.79 bits per heavy atom. The largest absolute Gasteiger partial charge is 0.413 e. The Balaban J connectivity index is 2.20. The van der Waals surface area contributed by atoms with Crippen molar-refractivity contribution in [3.63, 3.8) is 0 Å². The van der Waals surface area contributed by atoms with Crippen LogP contribution >= 0.6 is 0 Å². The summed E-state index contributed by atoms with van der Waals surface area (Å²) in [5, 5.41) is 7.18. The van der Waals surface area contributed by atoms with Crippen molar-refractivity contribution in [3.8, 4) is 0 Å². The fourth-order valence-corrected chi connectivity index (χ4v) is 0.716. The second-order valence-electron chi connectivity index (χ2n) is 2.58. The highest BCUT2D eigenvalue weighted by Gasteiger charge is 2.27. The second kappa shape index (κ2) is 4.38. The zero-order chi connectivity index (χ0) is 10.6. The van der Waals surface area contributed by atoms with Crippen LogP contribution in [0.2, 0.25) is 0 Å². The Morgan fingerprint density at radius 2 is 2.29 bits per heavy atom. The van der Waals surface area contributed by atoms with E-state index in [1.165, 1.54) is 6.33 Å². The first kappa shape index (κ1) is 10.9. The van der Waals surface area contributed by atoms with Crippen molar-refractivity contribution in [3.05, 3.63) is 12.2 Å². The molecular weight excluding hydrogens is 201 g/mol. The first-order valence-electron chi connectivity index (χ1n) is 3.73. The van der Waals surface area contributed by atoms with Crippen LogP contribution in [0.3, 0.4) is 0 Å². The summed E-state index contributed by atoms with van der Waals surface area (Å²) in [7, 11) is 1.68. The molecule has 0 aromatic carbocycles. The number of hydrogen-bond acceptors (Lipinski definition) is 4. The standard InChI is InChI=1S/C6H9F3N4O/c1-13-4-10-12-5(13)2-11-14-3-6(7,8)9/h4,11H,2-3H2,1H3. The second-order valence-corrected chi connectivity index (χ2v) is 2.58. The van der Waals surface area contributed by atoms with Gasteiger partial charge >= 0.3 is 6.18 Å². The Hall–Kier alpha value is -1.15. The number of hydroxylamine groups is 1. The molecule has 0 saturated carbocycles. The molecule has 0 fully saturated rings. The molecule has 1 aromatic rings. The molecule has 80 valence electrons.